The number of benzene rings is 1. The standard InChI is InChI=1S/C19H23N3O3S2/c1-11-14(18(24)25-5)16(27-15(11)17(23)22(3)4)21-19(26)20-12(2)13-9-7-6-8-10-13/h6-10,12H,1-5H3,(H2,20,21,26). The van der Waals surface area contributed by atoms with E-state index in [0.717, 1.165) is 5.56 Å². The van der Waals surface area contributed by atoms with Crippen molar-refractivity contribution in [2.45, 2.75) is 19.9 Å². The third-order valence-corrected chi connectivity index (χ3v) is 5.43. The molecule has 8 heteroatoms. The number of nitrogens with zero attached hydrogens (tertiary/aromatic N) is 1. The Bertz CT molecular complexity index is 847. The van der Waals surface area contributed by atoms with E-state index in [0.29, 0.717) is 26.1 Å². The van der Waals surface area contributed by atoms with E-state index in [1.165, 1.54) is 23.3 Å². The third-order valence-electron chi connectivity index (χ3n) is 4.01. The van der Waals surface area contributed by atoms with Crippen LogP contribution in [0.25, 0.3) is 0 Å². The smallest absolute Gasteiger partial charge is 0.341 e. The van der Waals surface area contributed by atoms with Gasteiger partial charge >= 0.3 is 5.97 Å². The van der Waals surface area contributed by atoms with Gasteiger partial charge in [0.15, 0.2) is 5.11 Å². The molecule has 1 atom stereocenters. The summed E-state index contributed by atoms with van der Waals surface area (Å²) in [4.78, 5) is 26.6. The minimum Gasteiger partial charge on any atom is -0.465 e. The molecule has 27 heavy (non-hydrogen) atoms. The van der Waals surface area contributed by atoms with Gasteiger partial charge in [0.2, 0.25) is 0 Å². The van der Waals surface area contributed by atoms with Crippen molar-refractivity contribution in [3.05, 3.63) is 51.9 Å². The highest BCUT2D eigenvalue weighted by Crippen LogP contribution is 2.34. The summed E-state index contributed by atoms with van der Waals surface area (Å²) < 4.78 is 4.88. The average Bonchev–Trinajstić information content (AvgIpc) is 2.96. The molecule has 0 spiro atoms. The Morgan fingerprint density at radius 2 is 1.85 bits per heavy atom. The first-order valence-electron chi connectivity index (χ1n) is 8.32. The van der Waals surface area contributed by atoms with Crippen LogP contribution in [0.2, 0.25) is 0 Å². The van der Waals surface area contributed by atoms with Crippen LogP contribution in [0.1, 0.15) is 44.1 Å². The van der Waals surface area contributed by atoms with Crippen LogP contribution in [0.3, 0.4) is 0 Å². The Morgan fingerprint density at radius 1 is 1.22 bits per heavy atom. The van der Waals surface area contributed by atoms with Gasteiger partial charge in [-0.3, -0.25) is 4.79 Å². The number of esters is 1. The van der Waals surface area contributed by atoms with E-state index in [2.05, 4.69) is 10.6 Å². The van der Waals surface area contributed by atoms with Crippen LogP contribution in [0.15, 0.2) is 30.3 Å². The first-order chi connectivity index (χ1) is 12.8. The molecule has 0 aliphatic carbocycles. The van der Waals surface area contributed by atoms with Crippen LogP contribution >= 0.6 is 23.6 Å². The van der Waals surface area contributed by atoms with E-state index in [1.807, 2.05) is 37.3 Å². The van der Waals surface area contributed by atoms with Crippen LogP contribution in [0, 0.1) is 6.92 Å². The van der Waals surface area contributed by atoms with Crippen LogP contribution < -0.4 is 10.6 Å². The first-order valence-corrected chi connectivity index (χ1v) is 9.54. The summed E-state index contributed by atoms with van der Waals surface area (Å²) in [6, 6.07) is 9.86. The van der Waals surface area contributed by atoms with Crippen molar-refractivity contribution < 1.29 is 14.3 Å². The maximum Gasteiger partial charge on any atom is 0.341 e. The maximum absolute atomic E-state index is 12.4. The number of ether oxygens (including phenoxy) is 1. The highest BCUT2D eigenvalue weighted by Gasteiger charge is 2.26. The zero-order valence-electron chi connectivity index (χ0n) is 16.0. The molecule has 2 N–H and O–H groups in total. The molecule has 0 aliphatic rings. The van der Waals surface area contributed by atoms with Gasteiger partial charge in [-0.05, 0) is 37.2 Å². The second-order valence-corrected chi connectivity index (χ2v) is 7.61. The minimum absolute atomic E-state index is 0.0169. The second-order valence-electron chi connectivity index (χ2n) is 6.18. The second kappa shape index (κ2) is 8.96. The first kappa shape index (κ1) is 20.9. The molecule has 0 radical (unpaired) electrons. The predicted octanol–water partition coefficient (Wildman–Crippen LogP) is 3.59. The Morgan fingerprint density at radius 3 is 2.41 bits per heavy atom. The highest BCUT2D eigenvalue weighted by atomic mass is 32.1. The van der Waals surface area contributed by atoms with Crippen LogP contribution in [0.4, 0.5) is 5.00 Å². The number of anilines is 1. The topological polar surface area (TPSA) is 70.7 Å². The summed E-state index contributed by atoms with van der Waals surface area (Å²) in [5, 5.41) is 7.09. The number of carbonyl (C=O) groups is 2. The molecule has 2 rings (SSSR count). The number of rotatable bonds is 5. The molecule has 0 fully saturated rings. The normalized spacial score (nSPS) is 11.4. The average molecular weight is 406 g/mol. The molecular weight excluding hydrogens is 382 g/mol. The number of hydrogen-bond acceptors (Lipinski definition) is 5. The van der Waals surface area contributed by atoms with Gasteiger partial charge in [0, 0.05) is 14.1 Å². The van der Waals surface area contributed by atoms with E-state index in [4.69, 9.17) is 17.0 Å². The number of carbonyl (C=O) groups excluding carboxylic acids is 2. The van der Waals surface area contributed by atoms with Gasteiger partial charge in [0.05, 0.1) is 23.6 Å². The van der Waals surface area contributed by atoms with Gasteiger partial charge < -0.3 is 20.3 Å². The number of hydrogen-bond donors (Lipinski definition) is 2. The van der Waals surface area contributed by atoms with Gasteiger partial charge in [-0.2, -0.15) is 0 Å². The molecule has 0 saturated heterocycles. The minimum atomic E-state index is -0.511. The van der Waals surface area contributed by atoms with E-state index < -0.39 is 5.97 Å². The van der Waals surface area contributed by atoms with Gasteiger partial charge in [-0.15, -0.1) is 11.3 Å². The van der Waals surface area contributed by atoms with E-state index in [-0.39, 0.29) is 11.9 Å². The molecule has 1 amide bonds. The van der Waals surface area contributed by atoms with E-state index in [1.54, 1.807) is 21.0 Å². The third kappa shape index (κ3) is 4.84. The molecule has 1 heterocycles. The van der Waals surface area contributed by atoms with Crippen molar-refractivity contribution in [2.75, 3.05) is 26.5 Å². The molecule has 0 aliphatic heterocycles. The molecule has 0 bridgehead atoms. The lowest BCUT2D eigenvalue weighted by molar-refractivity contribution is 0.0601. The van der Waals surface area contributed by atoms with E-state index >= 15 is 0 Å². The Balaban J connectivity index is 2.26. The fourth-order valence-corrected chi connectivity index (χ4v) is 4.08. The molecule has 2 aromatic rings. The zero-order valence-corrected chi connectivity index (χ0v) is 17.6. The van der Waals surface area contributed by atoms with Crippen LogP contribution in [-0.4, -0.2) is 43.1 Å². The highest BCUT2D eigenvalue weighted by molar-refractivity contribution is 7.80. The summed E-state index contributed by atoms with van der Waals surface area (Å²) in [5.74, 6) is -0.685. The van der Waals surface area contributed by atoms with Crippen LogP contribution in [0.5, 0.6) is 0 Å². The zero-order chi connectivity index (χ0) is 20.1. The monoisotopic (exact) mass is 405 g/mol. The molecule has 1 aromatic heterocycles. The quantitative estimate of drug-likeness (QED) is 0.585. The summed E-state index contributed by atoms with van der Waals surface area (Å²) in [5.41, 5.74) is 1.98. The van der Waals surface area contributed by atoms with Gasteiger partial charge in [-0.25, -0.2) is 4.79 Å². The van der Waals surface area contributed by atoms with Crippen molar-refractivity contribution in [3.63, 3.8) is 0 Å². The van der Waals surface area contributed by atoms with Crippen LogP contribution in [-0.2, 0) is 4.74 Å². The summed E-state index contributed by atoms with van der Waals surface area (Å²) in [6.07, 6.45) is 0. The number of nitrogens with one attached hydrogen (secondary N) is 2. The van der Waals surface area contributed by atoms with Gasteiger partial charge in [-0.1, -0.05) is 30.3 Å². The molecule has 1 aromatic carbocycles. The van der Waals surface area contributed by atoms with E-state index in [9.17, 15) is 9.59 Å². The number of thiocarbonyl (C=S) groups is 1. The lowest BCUT2D eigenvalue weighted by atomic mass is 10.1. The Labute approximate surface area is 168 Å². The number of methoxy groups -OCH3 is 1. The van der Waals surface area contributed by atoms with Crippen molar-refractivity contribution in [3.8, 4) is 0 Å². The molecule has 144 valence electrons. The molecule has 6 nitrogen and oxygen atoms in total. The number of thiophene rings is 1. The van der Waals surface area contributed by atoms with Crippen molar-refractivity contribution in [1.29, 1.82) is 0 Å². The molecule has 0 saturated carbocycles. The van der Waals surface area contributed by atoms with Gasteiger partial charge in [0.1, 0.15) is 5.00 Å². The van der Waals surface area contributed by atoms with Crippen molar-refractivity contribution in [2.24, 2.45) is 0 Å². The number of amides is 1. The largest absolute Gasteiger partial charge is 0.465 e. The molecule has 1 unspecified atom stereocenters. The summed E-state index contributed by atoms with van der Waals surface area (Å²) in [6.45, 7) is 3.72. The molecular formula is C19H23N3O3S2. The fourth-order valence-electron chi connectivity index (χ4n) is 2.52. The fraction of sp³-hybridized carbons (Fsp3) is 0.316. The predicted molar refractivity (Wildman–Crippen MR) is 113 cm³/mol. The maximum atomic E-state index is 12.4. The van der Waals surface area contributed by atoms with Gasteiger partial charge in [0.25, 0.3) is 5.91 Å². The lowest BCUT2D eigenvalue weighted by Gasteiger charge is -2.17. The SMILES string of the molecule is COC(=O)c1c(NC(=S)NC(C)c2ccccc2)sc(C(=O)N(C)C)c1C. The Hall–Kier alpha value is -2.45. The summed E-state index contributed by atoms with van der Waals surface area (Å²) >= 11 is 6.59. The Kier molecular flexibility index (Phi) is 6.92. The lowest BCUT2D eigenvalue weighted by Crippen LogP contribution is -2.31. The van der Waals surface area contributed by atoms with Crippen molar-refractivity contribution in [1.82, 2.24) is 10.2 Å². The van der Waals surface area contributed by atoms with Crippen molar-refractivity contribution >= 4 is 45.5 Å². The summed E-state index contributed by atoms with van der Waals surface area (Å²) in [7, 11) is 4.64.